The van der Waals surface area contributed by atoms with Crippen LogP contribution in [0.25, 0.3) is 0 Å². The minimum absolute atomic E-state index is 0.151. The van der Waals surface area contributed by atoms with Gasteiger partial charge in [-0.25, -0.2) is 0 Å². The highest BCUT2D eigenvalue weighted by atomic mass is 16.4. The van der Waals surface area contributed by atoms with E-state index in [4.69, 9.17) is 10.2 Å². The predicted octanol–water partition coefficient (Wildman–Crippen LogP) is 0.870. The lowest BCUT2D eigenvalue weighted by molar-refractivity contribution is -0.138. The zero-order chi connectivity index (χ0) is 8.27. The van der Waals surface area contributed by atoms with Crippen LogP contribution in [0.3, 0.4) is 0 Å². The zero-order valence-corrected chi connectivity index (χ0v) is 6.49. The van der Waals surface area contributed by atoms with E-state index in [0.29, 0.717) is 0 Å². The Balaban J connectivity index is 2.37. The first-order chi connectivity index (χ1) is 5.24. The first-order valence-corrected chi connectivity index (χ1v) is 4.06. The summed E-state index contributed by atoms with van der Waals surface area (Å²) in [6.45, 7) is 0.151. The largest absolute Gasteiger partial charge is 0.481 e. The first-order valence-electron chi connectivity index (χ1n) is 4.06. The molecule has 1 fully saturated rings. The van der Waals surface area contributed by atoms with E-state index in [-0.39, 0.29) is 24.9 Å². The van der Waals surface area contributed by atoms with Crippen molar-refractivity contribution in [2.75, 3.05) is 6.61 Å². The second-order valence-corrected chi connectivity index (χ2v) is 3.23. The van der Waals surface area contributed by atoms with Crippen molar-refractivity contribution in [3.63, 3.8) is 0 Å². The number of hydrogen-bond donors (Lipinski definition) is 2. The van der Waals surface area contributed by atoms with Crippen LogP contribution in [0.4, 0.5) is 0 Å². The van der Waals surface area contributed by atoms with Gasteiger partial charge in [-0.2, -0.15) is 0 Å². The third kappa shape index (κ3) is 2.19. The number of carbonyl (C=O) groups is 1. The molecule has 0 radical (unpaired) electrons. The molecular weight excluding hydrogens is 144 g/mol. The fourth-order valence-electron chi connectivity index (χ4n) is 1.85. The zero-order valence-electron chi connectivity index (χ0n) is 6.49. The maximum atomic E-state index is 10.3. The number of rotatable bonds is 3. The molecule has 0 aliphatic heterocycles. The van der Waals surface area contributed by atoms with E-state index in [1.54, 1.807) is 0 Å². The molecule has 0 aromatic carbocycles. The standard InChI is InChI=1S/C8H14O3/c9-5-7-3-1-2-6(7)4-8(10)11/h6-7,9H,1-5H2,(H,10,11)/t6-,7-/m1/s1. The van der Waals surface area contributed by atoms with Gasteiger partial charge in [0.2, 0.25) is 0 Å². The molecule has 1 saturated carbocycles. The van der Waals surface area contributed by atoms with Gasteiger partial charge in [-0.05, 0) is 24.7 Å². The van der Waals surface area contributed by atoms with Gasteiger partial charge < -0.3 is 10.2 Å². The summed E-state index contributed by atoms with van der Waals surface area (Å²) in [6, 6.07) is 0. The number of carboxylic acids is 1. The van der Waals surface area contributed by atoms with E-state index < -0.39 is 5.97 Å². The lowest BCUT2D eigenvalue weighted by atomic mass is 9.94. The Morgan fingerprint density at radius 3 is 2.55 bits per heavy atom. The molecule has 2 N–H and O–H groups in total. The van der Waals surface area contributed by atoms with Crippen molar-refractivity contribution in [1.29, 1.82) is 0 Å². The molecule has 0 saturated heterocycles. The van der Waals surface area contributed by atoms with Crippen LogP contribution in [0.15, 0.2) is 0 Å². The van der Waals surface area contributed by atoms with Gasteiger partial charge in [-0.15, -0.1) is 0 Å². The van der Waals surface area contributed by atoms with Crippen LogP contribution >= 0.6 is 0 Å². The van der Waals surface area contributed by atoms with Gasteiger partial charge in [0.1, 0.15) is 0 Å². The van der Waals surface area contributed by atoms with Crippen LogP contribution in [0.1, 0.15) is 25.7 Å². The number of aliphatic hydroxyl groups is 1. The summed E-state index contributed by atoms with van der Waals surface area (Å²) in [5.74, 6) is -0.279. The summed E-state index contributed by atoms with van der Waals surface area (Å²) in [7, 11) is 0. The summed E-state index contributed by atoms with van der Waals surface area (Å²) < 4.78 is 0. The molecule has 3 nitrogen and oxygen atoms in total. The van der Waals surface area contributed by atoms with Gasteiger partial charge in [0.05, 0.1) is 0 Å². The number of carboxylic acid groups (broad SMARTS) is 1. The monoisotopic (exact) mass is 158 g/mol. The van der Waals surface area contributed by atoms with Crippen molar-refractivity contribution in [3.8, 4) is 0 Å². The van der Waals surface area contributed by atoms with E-state index in [1.807, 2.05) is 0 Å². The molecule has 0 heterocycles. The van der Waals surface area contributed by atoms with E-state index in [0.717, 1.165) is 19.3 Å². The highest BCUT2D eigenvalue weighted by Crippen LogP contribution is 2.33. The molecule has 0 amide bonds. The molecule has 0 aromatic heterocycles. The molecule has 0 unspecified atom stereocenters. The lowest BCUT2D eigenvalue weighted by Gasteiger charge is -2.13. The second kappa shape index (κ2) is 3.72. The highest BCUT2D eigenvalue weighted by molar-refractivity contribution is 5.67. The van der Waals surface area contributed by atoms with Crippen molar-refractivity contribution in [1.82, 2.24) is 0 Å². The second-order valence-electron chi connectivity index (χ2n) is 3.23. The Morgan fingerprint density at radius 2 is 2.00 bits per heavy atom. The summed E-state index contributed by atoms with van der Waals surface area (Å²) in [6.07, 6.45) is 3.26. The fraction of sp³-hybridized carbons (Fsp3) is 0.875. The van der Waals surface area contributed by atoms with Crippen LogP contribution in [-0.2, 0) is 4.79 Å². The van der Waals surface area contributed by atoms with E-state index in [1.165, 1.54) is 0 Å². The van der Waals surface area contributed by atoms with Gasteiger partial charge in [-0.1, -0.05) is 6.42 Å². The molecule has 11 heavy (non-hydrogen) atoms. The molecule has 0 aromatic rings. The molecule has 0 bridgehead atoms. The Hall–Kier alpha value is -0.570. The van der Waals surface area contributed by atoms with Gasteiger partial charge >= 0.3 is 5.97 Å². The van der Waals surface area contributed by atoms with Crippen molar-refractivity contribution in [2.24, 2.45) is 11.8 Å². The van der Waals surface area contributed by atoms with Crippen molar-refractivity contribution in [3.05, 3.63) is 0 Å². The quantitative estimate of drug-likeness (QED) is 0.640. The van der Waals surface area contributed by atoms with E-state index in [2.05, 4.69) is 0 Å². The van der Waals surface area contributed by atoms with E-state index >= 15 is 0 Å². The van der Waals surface area contributed by atoms with Gasteiger partial charge in [0, 0.05) is 13.0 Å². The minimum Gasteiger partial charge on any atom is -0.481 e. The Bertz CT molecular complexity index is 144. The SMILES string of the molecule is O=C(O)C[C@H]1CCC[C@@H]1CO. The smallest absolute Gasteiger partial charge is 0.303 e. The summed E-state index contributed by atoms with van der Waals surface area (Å²) >= 11 is 0. The van der Waals surface area contributed by atoms with Gasteiger partial charge in [-0.3, -0.25) is 4.79 Å². The van der Waals surface area contributed by atoms with E-state index in [9.17, 15) is 4.79 Å². The predicted molar refractivity (Wildman–Crippen MR) is 40.2 cm³/mol. The van der Waals surface area contributed by atoms with Crippen LogP contribution in [0.5, 0.6) is 0 Å². The van der Waals surface area contributed by atoms with Crippen LogP contribution < -0.4 is 0 Å². The Kier molecular flexibility index (Phi) is 2.88. The average Bonchev–Trinajstić information content (AvgIpc) is 2.34. The minimum atomic E-state index is -0.740. The molecule has 3 heteroatoms. The lowest BCUT2D eigenvalue weighted by Crippen LogP contribution is -2.15. The number of hydrogen-bond acceptors (Lipinski definition) is 2. The third-order valence-electron chi connectivity index (χ3n) is 2.49. The summed E-state index contributed by atoms with van der Waals surface area (Å²) in [4.78, 5) is 10.3. The van der Waals surface area contributed by atoms with Gasteiger partial charge in [0.15, 0.2) is 0 Å². The van der Waals surface area contributed by atoms with Crippen molar-refractivity contribution in [2.45, 2.75) is 25.7 Å². The first kappa shape index (κ1) is 8.53. The van der Waals surface area contributed by atoms with Crippen molar-refractivity contribution >= 4 is 5.97 Å². The van der Waals surface area contributed by atoms with Gasteiger partial charge in [0.25, 0.3) is 0 Å². The molecule has 1 rings (SSSR count). The number of aliphatic hydroxyl groups excluding tert-OH is 1. The molecular formula is C8H14O3. The third-order valence-corrected chi connectivity index (χ3v) is 2.49. The Morgan fingerprint density at radius 1 is 1.36 bits per heavy atom. The highest BCUT2D eigenvalue weighted by Gasteiger charge is 2.27. The average molecular weight is 158 g/mol. The van der Waals surface area contributed by atoms with Crippen LogP contribution in [-0.4, -0.2) is 22.8 Å². The molecule has 2 atom stereocenters. The summed E-state index contributed by atoms with van der Waals surface area (Å²) in [5.41, 5.74) is 0. The topological polar surface area (TPSA) is 57.5 Å². The van der Waals surface area contributed by atoms with Crippen molar-refractivity contribution < 1.29 is 15.0 Å². The van der Waals surface area contributed by atoms with Crippen LogP contribution in [0, 0.1) is 11.8 Å². The number of aliphatic carboxylic acids is 1. The molecule has 1 aliphatic carbocycles. The normalized spacial score (nSPS) is 30.6. The fourth-order valence-corrected chi connectivity index (χ4v) is 1.85. The molecule has 0 spiro atoms. The maximum absolute atomic E-state index is 10.3. The Labute approximate surface area is 66.0 Å². The molecule has 64 valence electrons. The molecule has 1 aliphatic rings. The van der Waals surface area contributed by atoms with Crippen LogP contribution in [0.2, 0.25) is 0 Å². The maximum Gasteiger partial charge on any atom is 0.303 e. The summed E-state index contributed by atoms with van der Waals surface area (Å²) in [5, 5.41) is 17.4.